The lowest BCUT2D eigenvalue weighted by molar-refractivity contribution is -0.123. The zero-order valence-corrected chi connectivity index (χ0v) is 15.2. The summed E-state index contributed by atoms with van der Waals surface area (Å²) in [7, 11) is 1.57. The van der Waals surface area contributed by atoms with Gasteiger partial charge in [-0.05, 0) is 24.3 Å². The van der Waals surface area contributed by atoms with Gasteiger partial charge >= 0.3 is 0 Å². The number of amides is 2. The Labute approximate surface area is 158 Å². The molecule has 0 saturated carbocycles. The highest BCUT2D eigenvalue weighted by Crippen LogP contribution is 2.29. The number of piperazine rings is 1. The highest BCUT2D eigenvalue weighted by molar-refractivity contribution is 6.22. The molecule has 1 aromatic carbocycles. The van der Waals surface area contributed by atoms with Gasteiger partial charge in [0.2, 0.25) is 5.91 Å². The summed E-state index contributed by atoms with van der Waals surface area (Å²) in [5.41, 5.74) is 0.568. The Bertz CT molecular complexity index is 834. The van der Waals surface area contributed by atoms with Gasteiger partial charge in [0.25, 0.3) is 5.91 Å². The summed E-state index contributed by atoms with van der Waals surface area (Å²) in [5.74, 6) is 1.26. The number of aromatic nitrogens is 1. The van der Waals surface area contributed by atoms with Crippen molar-refractivity contribution in [3.05, 3.63) is 48.7 Å². The average molecular weight is 366 g/mol. The first-order valence-corrected chi connectivity index (χ1v) is 9.08. The number of hydrogen-bond donors (Lipinski definition) is 0. The first-order valence-electron chi connectivity index (χ1n) is 9.08. The van der Waals surface area contributed by atoms with Crippen LogP contribution in [0.5, 0.6) is 5.75 Å². The fourth-order valence-corrected chi connectivity index (χ4v) is 3.73. The number of anilines is 2. The summed E-state index contributed by atoms with van der Waals surface area (Å²) >= 11 is 0. The fraction of sp³-hybridized carbons (Fsp3) is 0.350. The van der Waals surface area contributed by atoms with Crippen molar-refractivity contribution in [2.75, 3.05) is 43.1 Å². The minimum atomic E-state index is -0.394. The van der Waals surface area contributed by atoms with Crippen molar-refractivity contribution in [2.45, 2.75) is 12.5 Å². The van der Waals surface area contributed by atoms with E-state index in [0.29, 0.717) is 11.4 Å². The van der Waals surface area contributed by atoms with Crippen LogP contribution in [0.4, 0.5) is 11.5 Å². The van der Waals surface area contributed by atoms with E-state index >= 15 is 0 Å². The van der Waals surface area contributed by atoms with Crippen LogP contribution in [0, 0.1) is 0 Å². The van der Waals surface area contributed by atoms with Gasteiger partial charge in [-0.3, -0.25) is 14.5 Å². The van der Waals surface area contributed by atoms with E-state index in [0.717, 1.165) is 32.0 Å². The highest BCUT2D eigenvalue weighted by Gasteiger charge is 2.43. The van der Waals surface area contributed by atoms with Crippen LogP contribution in [0.2, 0.25) is 0 Å². The first-order chi connectivity index (χ1) is 13.2. The van der Waals surface area contributed by atoms with Crippen LogP contribution >= 0.6 is 0 Å². The zero-order chi connectivity index (χ0) is 18.8. The summed E-state index contributed by atoms with van der Waals surface area (Å²) in [4.78, 5) is 35.5. The molecular formula is C20H22N4O3. The van der Waals surface area contributed by atoms with Crippen molar-refractivity contribution in [1.82, 2.24) is 9.88 Å². The molecule has 2 aromatic rings. The van der Waals surface area contributed by atoms with Crippen molar-refractivity contribution in [1.29, 1.82) is 0 Å². The van der Waals surface area contributed by atoms with Crippen molar-refractivity contribution in [3.63, 3.8) is 0 Å². The van der Waals surface area contributed by atoms with Crippen LogP contribution in [0.25, 0.3) is 0 Å². The summed E-state index contributed by atoms with van der Waals surface area (Å²) < 4.78 is 5.21. The SMILES string of the molecule is COc1cccc(N2C(=O)CC(N3CCN(c4ccccn4)CC3)C2=O)c1. The average Bonchev–Trinajstić information content (AvgIpc) is 3.03. The number of rotatable bonds is 4. The van der Waals surface area contributed by atoms with Crippen LogP contribution < -0.4 is 14.5 Å². The lowest BCUT2D eigenvalue weighted by Crippen LogP contribution is -2.52. The molecular weight excluding hydrogens is 344 g/mol. The third-order valence-electron chi connectivity index (χ3n) is 5.16. The standard InChI is InChI=1S/C20H22N4O3/c1-27-16-6-4-5-15(13-16)24-19(25)14-17(20(24)26)22-9-11-23(12-10-22)18-7-2-3-8-21-18/h2-8,13,17H,9-12,14H2,1H3. The molecule has 2 aliphatic rings. The Kier molecular flexibility index (Phi) is 4.77. The largest absolute Gasteiger partial charge is 0.497 e. The van der Waals surface area contributed by atoms with Gasteiger partial charge < -0.3 is 9.64 Å². The molecule has 7 heteroatoms. The Balaban J connectivity index is 1.45. The van der Waals surface area contributed by atoms with Crippen molar-refractivity contribution in [3.8, 4) is 5.75 Å². The molecule has 0 spiro atoms. The number of carbonyl (C=O) groups excluding carboxylic acids is 2. The Hall–Kier alpha value is -2.93. The Morgan fingerprint density at radius 1 is 1.04 bits per heavy atom. The molecule has 2 amide bonds. The van der Waals surface area contributed by atoms with Gasteiger partial charge in [0.1, 0.15) is 11.6 Å². The maximum atomic E-state index is 13.0. The van der Waals surface area contributed by atoms with Gasteiger partial charge in [0.15, 0.2) is 0 Å². The lowest BCUT2D eigenvalue weighted by atomic mass is 10.1. The molecule has 140 valence electrons. The van der Waals surface area contributed by atoms with Crippen LogP contribution in [-0.4, -0.2) is 61.0 Å². The zero-order valence-electron chi connectivity index (χ0n) is 15.2. The van der Waals surface area contributed by atoms with Gasteiger partial charge in [0.05, 0.1) is 25.3 Å². The maximum absolute atomic E-state index is 13.0. The number of carbonyl (C=O) groups is 2. The number of methoxy groups -OCH3 is 1. The Morgan fingerprint density at radius 2 is 1.85 bits per heavy atom. The minimum Gasteiger partial charge on any atom is -0.497 e. The molecule has 4 rings (SSSR count). The normalized spacial score (nSPS) is 21.0. The molecule has 0 aliphatic carbocycles. The van der Waals surface area contributed by atoms with Crippen LogP contribution in [0.15, 0.2) is 48.7 Å². The lowest BCUT2D eigenvalue weighted by Gasteiger charge is -2.37. The monoisotopic (exact) mass is 366 g/mol. The first kappa shape index (κ1) is 17.5. The molecule has 1 atom stereocenters. The van der Waals surface area contributed by atoms with Crippen molar-refractivity contribution >= 4 is 23.3 Å². The third kappa shape index (κ3) is 3.38. The summed E-state index contributed by atoms with van der Waals surface area (Å²) in [6.07, 6.45) is 2.01. The van der Waals surface area contributed by atoms with E-state index < -0.39 is 6.04 Å². The van der Waals surface area contributed by atoms with E-state index in [9.17, 15) is 9.59 Å². The van der Waals surface area contributed by atoms with Gasteiger partial charge in [-0.15, -0.1) is 0 Å². The second-order valence-electron chi connectivity index (χ2n) is 6.70. The number of benzene rings is 1. The molecule has 2 fully saturated rings. The smallest absolute Gasteiger partial charge is 0.251 e. The van der Waals surface area contributed by atoms with Crippen molar-refractivity contribution < 1.29 is 14.3 Å². The molecule has 1 unspecified atom stereocenters. The summed E-state index contributed by atoms with van der Waals surface area (Å²) in [6.45, 7) is 3.03. The minimum absolute atomic E-state index is 0.153. The number of pyridine rings is 1. The maximum Gasteiger partial charge on any atom is 0.251 e. The summed E-state index contributed by atoms with van der Waals surface area (Å²) in [5, 5.41) is 0. The number of nitrogens with zero attached hydrogens (tertiary/aromatic N) is 4. The number of imide groups is 1. The van der Waals surface area contributed by atoms with Gasteiger partial charge in [-0.2, -0.15) is 0 Å². The van der Waals surface area contributed by atoms with E-state index in [1.54, 1.807) is 37.6 Å². The molecule has 1 aromatic heterocycles. The fourth-order valence-electron chi connectivity index (χ4n) is 3.73. The van der Waals surface area contributed by atoms with E-state index in [1.165, 1.54) is 4.90 Å². The number of ether oxygens (including phenoxy) is 1. The molecule has 2 aliphatic heterocycles. The van der Waals surface area contributed by atoms with E-state index in [1.807, 2.05) is 18.2 Å². The number of hydrogen-bond acceptors (Lipinski definition) is 6. The second-order valence-corrected chi connectivity index (χ2v) is 6.70. The van der Waals surface area contributed by atoms with E-state index in [2.05, 4.69) is 14.8 Å². The molecule has 27 heavy (non-hydrogen) atoms. The predicted molar refractivity (Wildman–Crippen MR) is 102 cm³/mol. The van der Waals surface area contributed by atoms with Crippen LogP contribution in [0.1, 0.15) is 6.42 Å². The van der Waals surface area contributed by atoms with E-state index in [4.69, 9.17) is 4.74 Å². The van der Waals surface area contributed by atoms with E-state index in [-0.39, 0.29) is 18.2 Å². The molecule has 7 nitrogen and oxygen atoms in total. The van der Waals surface area contributed by atoms with Gasteiger partial charge in [-0.1, -0.05) is 12.1 Å². The van der Waals surface area contributed by atoms with Gasteiger partial charge in [-0.25, -0.2) is 9.88 Å². The van der Waals surface area contributed by atoms with Crippen LogP contribution in [0.3, 0.4) is 0 Å². The van der Waals surface area contributed by atoms with Crippen LogP contribution in [-0.2, 0) is 9.59 Å². The Morgan fingerprint density at radius 3 is 2.56 bits per heavy atom. The molecule has 2 saturated heterocycles. The van der Waals surface area contributed by atoms with Crippen molar-refractivity contribution in [2.24, 2.45) is 0 Å². The predicted octanol–water partition coefficient (Wildman–Crippen LogP) is 1.54. The van der Waals surface area contributed by atoms with Gasteiger partial charge in [0, 0.05) is 38.4 Å². The third-order valence-corrected chi connectivity index (χ3v) is 5.16. The molecule has 0 bridgehead atoms. The molecule has 3 heterocycles. The quantitative estimate of drug-likeness (QED) is 0.765. The highest BCUT2D eigenvalue weighted by atomic mass is 16.5. The topological polar surface area (TPSA) is 66.0 Å². The molecule has 0 radical (unpaired) electrons. The molecule has 0 N–H and O–H groups in total. The summed E-state index contributed by atoms with van der Waals surface area (Å²) in [6, 6.07) is 12.5. The second kappa shape index (κ2) is 7.36.